The van der Waals surface area contributed by atoms with Crippen LogP contribution in [0.2, 0.25) is 0 Å². The zero-order chi connectivity index (χ0) is 19.3. The Labute approximate surface area is 149 Å². The lowest BCUT2D eigenvalue weighted by molar-refractivity contribution is -0.146. The second-order valence-corrected chi connectivity index (χ2v) is 6.03. The molecule has 2 rings (SSSR count). The Kier molecular flexibility index (Phi) is 6.21. The van der Waals surface area contributed by atoms with Crippen molar-refractivity contribution in [3.05, 3.63) is 52.6 Å². The van der Waals surface area contributed by atoms with Gasteiger partial charge in [0.05, 0.1) is 12.8 Å². The molecule has 0 bridgehead atoms. The van der Waals surface area contributed by atoms with E-state index in [1.165, 1.54) is 43.5 Å². The van der Waals surface area contributed by atoms with Crippen LogP contribution in [0.4, 0.5) is 4.39 Å². The van der Waals surface area contributed by atoms with E-state index in [9.17, 15) is 18.8 Å². The molecular weight excluding hydrogens is 341 g/mol. The lowest BCUT2D eigenvalue weighted by atomic mass is 10.0. The molecule has 0 saturated carbocycles. The summed E-state index contributed by atoms with van der Waals surface area (Å²) >= 11 is 0. The van der Waals surface area contributed by atoms with Crippen molar-refractivity contribution in [3.8, 4) is 11.3 Å². The summed E-state index contributed by atoms with van der Waals surface area (Å²) in [6.45, 7) is 3.18. The summed E-state index contributed by atoms with van der Waals surface area (Å²) in [7, 11) is 1.24. The quantitative estimate of drug-likeness (QED) is 0.785. The van der Waals surface area contributed by atoms with Gasteiger partial charge in [0.1, 0.15) is 18.4 Å². The summed E-state index contributed by atoms with van der Waals surface area (Å²) in [5.41, 5.74) is 0.561. The van der Waals surface area contributed by atoms with Crippen LogP contribution in [0.5, 0.6) is 0 Å². The minimum absolute atomic E-state index is 0.179. The highest BCUT2D eigenvalue weighted by Crippen LogP contribution is 2.15. The van der Waals surface area contributed by atoms with Gasteiger partial charge in [0.2, 0.25) is 5.91 Å². The van der Waals surface area contributed by atoms with Crippen LogP contribution in [-0.2, 0) is 20.9 Å². The number of rotatable bonds is 6. The van der Waals surface area contributed by atoms with Crippen molar-refractivity contribution in [1.29, 1.82) is 0 Å². The molecule has 1 aromatic carbocycles. The zero-order valence-electron chi connectivity index (χ0n) is 14.7. The number of nitrogens with one attached hydrogen (secondary N) is 1. The first kappa shape index (κ1) is 19.3. The Balaban J connectivity index is 2.19. The molecule has 0 aliphatic carbocycles. The molecule has 26 heavy (non-hydrogen) atoms. The average Bonchev–Trinajstić information content (AvgIpc) is 2.61. The summed E-state index contributed by atoms with van der Waals surface area (Å²) in [5.74, 6) is -1.67. The van der Waals surface area contributed by atoms with Crippen molar-refractivity contribution in [2.45, 2.75) is 26.4 Å². The standard InChI is InChI=1S/C18H20FN3O4/c1-11(2)17(18(25)26-3)20-15(23)10-22-16(24)9-8-14(21-22)12-4-6-13(19)7-5-12/h4-9,11,17H,10H2,1-3H3,(H,20,23)/t17-/m1/s1. The SMILES string of the molecule is COC(=O)[C@H](NC(=O)Cn1nc(-c2ccc(F)cc2)ccc1=O)C(C)C. The van der Waals surface area contributed by atoms with E-state index in [1.54, 1.807) is 13.8 Å². The molecule has 0 aliphatic heterocycles. The van der Waals surface area contributed by atoms with Gasteiger partial charge in [-0.3, -0.25) is 9.59 Å². The molecule has 0 saturated heterocycles. The summed E-state index contributed by atoms with van der Waals surface area (Å²) < 4.78 is 18.7. The van der Waals surface area contributed by atoms with E-state index in [-0.39, 0.29) is 18.3 Å². The maximum atomic E-state index is 13.0. The number of esters is 1. The van der Waals surface area contributed by atoms with Crippen LogP contribution >= 0.6 is 0 Å². The number of hydrogen-bond acceptors (Lipinski definition) is 5. The van der Waals surface area contributed by atoms with E-state index in [1.807, 2.05) is 0 Å². The smallest absolute Gasteiger partial charge is 0.328 e. The van der Waals surface area contributed by atoms with Crippen molar-refractivity contribution >= 4 is 11.9 Å². The van der Waals surface area contributed by atoms with Crippen LogP contribution in [0.1, 0.15) is 13.8 Å². The van der Waals surface area contributed by atoms with Crippen LogP contribution in [0.15, 0.2) is 41.2 Å². The fourth-order valence-corrected chi connectivity index (χ4v) is 2.32. The van der Waals surface area contributed by atoms with Gasteiger partial charge in [-0.25, -0.2) is 13.9 Å². The molecule has 1 atom stereocenters. The highest BCUT2D eigenvalue weighted by atomic mass is 19.1. The number of hydrogen-bond donors (Lipinski definition) is 1. The molecule has 0 spiro atoms. The largest absolute Gasteiger partial charge is 0.467 e. The molecule has 8 heteroatoms. The lowest BCUT2D eigenvalue weighted by Gasteiger charge is -2.19. The third-order valence-electron chi connectivity index (χ3n) is 3.74. The highest BCUT2D eigenvalue weighted by Gasteiger charge is 2.25. The third kappa shape index (κ3) is 4.75. The molecule has 1 heterocycles. The molecule has 1 N–H and O–H groups in total. The van der Waals surface area contributed by atoms with Crippen LogP contribution in [0.3, 0.4) is 0 Å². The Bertz CT molecular complexity index is 846. The van der Waals surface area contributed by atoms with Gasteiger partial charge < -0.3 is 10.1 Å². The monoisotopic (exact) mass is 361 g/mol. The fourth-order valence-electron chi connectivity index (χ4n) is 2.32. The minimum atomic E-state index is -0.816. The summed E-state index contributed by atoms with van der Waals surface area (Å²) in [6, 6.07) is 7.57. The molecule has 0 aliphatic rings. The second-order valence-electron chi connectivity index (χ2n) is 6.03. The highest BCUT2D eigenvalue weighted by molar-refractivity contribution is 5.84. The van der Waals surface area contributed by atoms with E-state index in [0.29, 0.717) is 11.3 Å². The lowest BCUT2D eigenvalue weighted by Crippen LogP contribution is -2.47. The number of nitrogens with zero attached hydrogens (tertiary/aromatic N) is 2. The van der Waals surface area contributed by atoms with Crippen molar-refractivity contribution in [2.24, 2.45) is 5.92 Å². The van der Waals surface area contributed by atoms with Gasteiger partial charge in [0.15, 0.2) is 0 Å². The molecule has 2 aromatic rings. The first-order valence-corrected chi connectivity index (χ1v) is 8.03. The third-order valence-corrected chi connectivity index (χ3v) is 3.74. The number of amides is 1. The first-order chi connectivity index (χ1) is 12.3. The summed E-state index contributed by atoms with van der Waals surface area (Å²) in [4.78, 5) is 35.9. The molecule has 1 amide bonds. The normalized spacial score (nSPS) is 11.9. The maximum absolute atomic E-state index is 13.0. The van der Waals surface area contributed by atoms with E-state index >= 15 is 0 Å². The number of benzene rings is 1. The van der Waals surface area contributed by atoms with Crippen molar-refractivity contribution < 1.29 is 18.7 Å². The Morgan fingerprint density at radius 2 is 1.85 bits per heavy atom. The van der Waals surface area contributed by atoms with Gasteiger partial charge in [-0.2, -0.15) is 5.10 Å². The van der Waals surface area contributed by atoms with Gasteiger partial charge in [-0.15, -0.1) is 0 Å². The number of halogens is 1. The predicted octanol–water partition coefficient (Wildman–Crippen LogP) is 1.36. The zero-order valence-corrected chi connectivity index (χ0v) is 14.7. The number of carbonyl (C=O) groups is 2. The van der Waals surface area contributed by atoms with Crippen molar-refractivity contribution in [3.63, 3.8) is 0 Å². The van der Waals surface area contributed by atoms with Crippen molar-refractivity contribution in [1.82, 2.24) is 15.1 Å². The molecule has 0 radical (unpaired) electrons. The van der Waals surface area contributed by atoms with Gasteiger partial charge in [0, 0.05) is 11.6 Å². The van der Waals surface area contributed by atoms with E-state index < -0.39 is 23.5 Å². The van der Waals surface area contributed by atoms with Crippen LogP contribution in [0.25, 0.3) is 11.3 Å². The van der Waals surface area contributed by atoms with Crippen molar-refractivity contribution in [2.75, 3.05) is 7.11 Å². The molecule has 0 unspecified atom stereocenters. The molecule has 1 aromatic heterocycles. The van der Waals surface area contributed by atoms with E-state index in [4.69, 9.17) is 0 Å². The maximum Gasteiger partial charge on any atom is 0.328 e. The van der Waals surface area contributed by atoms with Crippen LogP contribution < -0.4 is 10.9 Å². The topological polar surface area (TPSA) is 90.3 Å². The van der Waals surface area contributed by atoms with E-state index in [0.717, 1.165) is 4.68 Å². The first-order valence-electron chi connectivity index (χ1n) is 8.03. The molecular formula is C18H20FN3O4. The van der Waals surface area contributed by atoms with Crippen LogP contribution in [0, 0.1) is 11.7 Å². The summed E-state index contributed by atoms with van der Waals surface area (Å²) in [6.07, 6.45) is 0. The molecule has 0 fully saturated rings. The number of methoxy groups -OCH3 is 1. The van der Waals surface area contributed by atoms with E-state index in [2.05, 4.69) is 15.2 Å². The number of aromatic nitrogens is 2. The van der Waals surface area contributed by atoms with Gasteiger partial charge >= 0.3 is 5.97 Å². The van der Waals surface area contributed by atoms with Gasteiger partial charge in [-0.1, -0.05) is 13.8 Å². The molecule has 138 valence electrons. The second kappa shape index (κ2) is 8.37. The van der Waals surface area contributed by atoms with Crippen LogP contribution in [-0.4, -0.2) is 34.8 Å². The average molecular weight is 361 g/mol. The number of ether oxygens (including phenoxy) is 1. The Morgan fingerprint density at radius 3 is 2.42 bits per heavy atom. The minimum Gasteiger partial charge on any atom is -0.467 e. The molecule has 7 nitrogen and oxygen atoms in total. The number of carbonyl (C=O) groups excluding carboxylic acids is 2. The van der Waals surface area contributed by atoms with Gasteiger partial charge in [-0.05, 0) is 36.2 Å². The summed E-state index contributed by atoms with van der Waals surface area (Å²) in [5, 5.41) is 6.68. The predicted molar refractivity (Wildman–Crippen MR) is 92.7 cm³/mol. The van der Waals surface area contributed by atoms with Gasteiger partial charge in [0.25, 0.3) is 5.56 Å². The Morgan fingerprint density at radius 1 is 1.19 bits per heavy atom. The Hall–Kier alpha value is -3.03. The fraction of sp³-hybridized carbons (Fsp3) is 0.333.